The average molecular weight is 447 g/mol. The predicted molar refractivity (Wildman–Crippen MR) is 131 cm³/mol. The molecular formula is C29H50O3. The van der Waals surface area contributed by atoms with Crippen molar-refractivity contribution in [3.05, 3.63) is 11.6 Å². The molecule has 0 aromatic rings. The van der Waals surface area contributed by atoms with Gasteiger partial charge in [0.2, 0.25) is 0 Å². The van der Waals surface area contributed by atoms with Gasteiger partial charge < -0.3 is 14.9 Å². The van der Waals surface area contributed by atoms with Crippen molar-refractivity contribution in [2.24, 2.45) is 40.4 Å². The van der Waals surface area contributed by atoms with Gasteiger partial charge in [-0.25, -0.2) is 0 Å². The quantitative estimate of drug-likeness (QED) is 0.438. The van der Waals surface area contributed by atoms with Crippen LogP contribution in [0.4, 0.5) is 0 Å². The first-order valence-corrected chi connectivity index (χ1v) is 13.6. The van der Waals surface area contributed by atoms with E-state index >= 15 is 0 Å². The number of hydrogen-bond donors (Lipinski definition) is 2. The highest BCUT2D eigenvalue weighted by Gasteiger charge is 2.59. The van der Waals surface area contributed by atoms with Gasteiger partial charge in [-0.2, -0.15) is 0 Å². The average Bonchev–Trinajstić information content (AvgIpc) is 3.08. The van der Waals surface area contributed by atoms with E-state index in [1.165, 1.54) is 32.1 Å². The lowest BCUT2D eigenvalue weighted by atomic mass is 9.46. The summed E-state index contributed by atoms with van der Waals surface area (Å²) in [7, 11) is 1.72. The Morgan fingerprint density at radius 2 is 1.84 bits per heavy atom. The molecular weight excluding hydrogens is 396 g/mol. The Bertz CT molecular complexity index is 709. The smallest absolute Gasteiger partial charge is 0.0657 e. The minimum atomic E-state index is -0.609. The number of methoxy groups -OCH3 is 1. The largest absolute Gasteiger partial charge is 0.390 e. The van der Waals surface area contributed by atoms with Gasteiger partial charge in [-0.05, 0) is 125 Å². The van der Waals surface area contributed by atoms with Crippen LogP contribution in [0.15, 0.2) is 11.6 Å². The van der Waals surface area contributed by atoms with Gasteiger partial charge in [0.1, 0.15) is 0 Å². The van der Waals surface area contributed by atoms with Crippen molar-refractivity contribution < 1.29 is 14.9 Å². The van der Waals surface area contributed by atoms with Crippen molar-refractivity contribution in [1.82, 2.24) is 0 Å². The molecule has 0 aliphatic heterocycles. The Balaban J connectivity index is 1.45. The van der Waals surface area contributed by atoms with Gasteiger partial charge in [0.15, 0.2) is 0 Å². The zero-order valence-corrected chi connectivity index (χ0v) is 21.8. The summed E-state index contributed by atoms with van der Waals surface area (Å²) < 4.78 is 5.20. The zero-order valence-electron chi connectivity index (χ0n) is 21.8. The first kappa shape index (κ1) is 24.7. The second-order valence-corrected chi connectivity index (χ2v) is 13.4. The fraction of sp³-hybridized carbons (Fsp3) is 0.931. The second-order valence-electron chi connectivity index (χ2n) is 13.4. The first-order valence-electron chi connectivity index (χ1n) is 13.6. The molecule has 3 saturated carbocycles. The van der Waals surface area contributed by atoms with Gasteiger partial charge in [0.25, 0.3) is 0 Å². The van der Waals surface area contributed by atoms with Gasteiger partial charge >= 0.3 is 0 Å². The standard InChI is InChI=1S/C29H50O3/c1-20(11-13-26(2,30)17-18-32-6)23-9-10-24-22-8-7-21-19-27(3,31)15-16-28(21,4)25(22)12-14-29(23,24)5/h7,20,22-25,30-31H,8-19H2,1-6H3/t20-,22+,23?,24+,25+,26?,27+,28+,29-/m1/s1. The Labute approximate surface area is 197 Å². The van der Waals surface area contributed by atoms with Crippen molar-refractivity contribution in [3.63, 3.8) is 0 Å². The predicted octanol–water partition coefficient (Wildman–Crippen LogP) is 6.52. The summed E-state index contributed by atoms with van der Waals surface area (Å²) in [6.45, 7) is 12.3. The Morgan fingerprint density at radius 3 is 2.56 bits per heavy atom. The third kappa shape index (κ3) is 4.36. The van der Waals surface area contributed by atoms with Crippen LogP contribution in [0.2, 0.25) is 0 Å². The Morgan fingerprint density at radius 1 is 1.09 bits per heavy atom. The van der Waals surface area contributed by atoms with Crippen molar-refractivity contribution in [2.45, 2.75) is 116 Å². The lowest BCUT2D eigenvalue weighted by molar-refractivity contribution is -0.0717. The summed E-state index contributed by atoms with van der Waals surface area (Å²) in [6, 6.07) is 0. The van der Waals surface area contributed by atoms with Crippen LogP contribution in [-0.2, 0) is 4.74 Å². The maximum Gasteiger partial charge on any atom is 0.0657 e. The Kier molecular flexibility index (Phi) is 6.71. The van der Waals surface area contributed by atoms with Crippen molar-refractivity contribution in [1.29, 1.82) is 0 Å². The molecule has 0 amide bonds. The number of hydrogen-bond acceptors (Lipinski definition) is 3. The summed E-state index contributed by atoms with van der Waals surface area (Å²) >= 11 is 0. The molecule has 2 unspecified atom stereocenters. The molecule has 3 heteroatoms. The molecule has 4 rings (SSSR count). The Hall–Kier alpha value is -0.380. The summed E-state index contributed by atoms with van der Waals surface area (Å²) in [5, 5.41) is 21.5. The molecule has 0 aromatic heterocycles. The summed E-state index contributed by atoms with van der Waals surface area (Å²) in [5.41, 5.74) is 1.23. The van der Waals surface area contributed by atoms with Crippen LogP contribution >= 0.6 is 0 Å². The van der Waals surface area contributed by atoms with Gasteiger partial charge in [-0.15, -0.1) is 0 Å². The van der Waals surface area contributed by atoms with Crippen molar-refractivity contribution in [3.8, 4) is 0 Å². The molecule has 0 spiro atoms. The highest BCUT2D eigenvalue weighted by Crippen LogP contribution is 2.67. The third-order valence-electron chi connectivity index (χ3n) is 11.1. The van der Waals surface area contributed by atoms with Gasteiger partial charge in [0, 0.05) is 13.7 Å². The molecule has 3 fully saturated rings. The van der Waals surface area contributed by atoms with Crippen LogP contribution in [0.25, 0.3) is 0 Å². The lowest BCUT2D eigenvalue weighted by Crippen LogP contribution is -2.52. The highest BCUT2D eigenvalue weighted by atomic mass is 16.5. The number of ether oxygens (including phenoxy) is 1. The van der Waals surface area contributed by atoms with E-state index < -0.39 is 11.2 Å². The fourth-order valence-corrected chi connectivity index (χ4v) is 8.97. The van der Waals surface area contributed by atoms with Gasteiger partial charge in [-0.3, -0.25) is 0 Å². The van der Waals surface area contributed by atoms with Gasteiger partial charge in [-0.1, -0.05) is 32.4 Å². The van der Waals surface area contributed by atoms with E-state index in [-0.39, 0.29) is 0 Å². The zero-order chi connectivity index (χ0) is 23.4. The van der Waals surface area contributed by atoms with Crippen LogP contribution in [0.5, 0.6) is 0 Å². The summed E-state index contributed by atoms with van der Waals surface area (Å²) in [6.07, 6.45) is 15.0. The van der Waals surface area contributed by atoms with E-state index in [4.69, 9.17) is 4.74 Å². The van der Waals surface area contributed by atoms with E-state index in [1.807, 2.05) is 13.8 Å². The maximum atomic E-state index is 10.8. The van der Waals surface area contributed by atoms with E-state index in [1.54, 1.807) is 12.7 Å². The second kappa shape index (κ2) is 8.68. The molecule has 9 atom stereocenters. The molecule has 0 heterocycles. The van der Waals surface area contributed by atoms with Crippen LogP contribution in [0.3, 0.4) is 0 Å². The molecule has 0 bridgehead atoms. The first-order chi connectivity index (χ1) is 14.9. The molecule has 0 saturated heterocycles. The summed E-state index contributed by atoms with van der Waals surface area (Å²) in [4.78, 5) is 0. The van der Waals surface area contributed by atoms with Crippen LogP contribution in [-0.4, -0.2) is 35.1 Å². The van der Waals surface area contributed by atoms with Crippen LogP contribution in [0.1, 0.15) is 105 Å². The van der Waals surface area contributed by atoms with E-state index in [2.05, 4.69) is 26.8 Å². The lowest BCUT2D eigenvalue weighted by Gasteiger charge is -2.59. The molecule has 184 valence electrons. The van der Waals surface area contributed by atoms with E-state index in [9.17, 15) is 10.2 Å². The van der Waals surface area contributed by atoms with Crippen LogP contribution < -0.4 is 0 Å². The molecule has 4 aliphatic carbocycles. The number of fused-ring (bicyclic) bond motifs is 5. The molecule has 32 heavy (non-hydrogen) atoms. The topological polar surface area (TPSA) is 49.7 Å². The van der Waals surface area contributed by atoms with Gasteiger partial charge in [0.05, 0.1) is 11.2 Å². The summed E-state index contributed by atoms with van der Waals surface area (Å²) in [5.74, 6) is 3.94. The molecule has 3 nitrogen and oxygen atoms in total. The highest BCUT2D eigenvalue weighted by molar-refractivity contribution is 5.26. The monoisotopic (exact) mass is 446 g/mol. The molecule has 0 radical (unpaired) electrons. The molecule has 4 aliphatic rings. The number of rotatable bonds is 7. The number of aliphatic hydroxyl groups is 2. The van der Waals surface area contributed by atoms with Crippen molar-refractivity contribution in [2.75, 3.05) is 13.7 Å². The van der Waals surface area contributed by atoms with Crippen molar-refractivity contribution >= 4 is 0 Å². The number of allylic oxidation sites excluding steroid dienone is 1. The minimum absolute atomic E-state index is 0.316. The SMILES string of the molecule is COCCC(C)(O)CC[C@@H](C)C1CC[C@H]2[C@@H]3CC=C4C[C@@](C)(O)CC[C@]4(C)[C@H]3CC[C@]12C. The third-order valence-corrected chi connectivity index (χ3v) is 11.1. The maximum absolute atomic E-state index is 10.8. The molecule has 0 aromatic carbocycles. The fourth-order valence-electron chi connectivity index (χ4n) is 8.97. The minimum Gasteiger partial charge on any atom is -0.390 e. The van der Waals surface area contributed by atoms with Crippen LogP contribution in [0, 0.1) is 40.4 Å². The van der Waals surface area contributed by atoms with E-state index in [0.717, 1.165) is 62.2 Å². The van der Waals surface area contributed by atoms with E-state index in [0.29, 0.717) is 23.4 Å². The molecule has 2 N–H and O–H groups in total. The normalized spacial score (nSPS) is 46.4.